The van der Waals surface area contributed by atoms with Crippen LogP contribution in [0.5, 0.6) is 0 Å². The van der Waals surface area contributed by atoms with E-state index in [0.29, 0.717) is 37.3 Å². The van der Waals surface area contributed by atoms with Crippen molar-refractivity contribution >= 4 is 27.0 Å². The Hall–Kier alpha value is -2.13. The first-order valence-corrected chi connectivity index (χ1v) is 9.45. The van der Waals surface area contributed by atoms with Gasteiger partial charge in [0, 0.05) is 45.8 Å². The van der Waals surface area contributed by atoms with Crippen LogP contribution < -0.4 is 5.69 Å². The van der Waals surface area contributed by atoms with Crippen LogP contribution >= 0.6 is 0 Å². The third kappa shape index (κ3) is 2.73. The van der Waals surface area contributed by atoms with Crippen LogP contribution in [0.15, 0.2) is 23.0 Å². The van der Waals surface area contributed by atoms with Crippen molar-refractivity contribution in [2.24, 2.45) is 14.1 Å². The van der Waals surface area contributed by atoms with E-state index in [-0.39, 0.29) is 11.6 Å². The number of hydrogen-bond donors (Lipinski definition) is 0. The molecule has 0 bridgehead atoms. The van der Waals surface area contributed by atoms with E-state index in [9.17, 15) is 18.0 Å². The molecule has 1 aromatic heterocycles. The fraction of sp³-hybridized carbons (Fsp3) is 0.467. The molecule has 0 N–H and O–H groups in total. The number of carbonyl (C=O) groups excluding carboxylic acids is 1. The van der Waals surface area contributed by atoms with Gasteiger partial charge in [-0.3, -0.25) is 13.9 Å². The highest BCUT2D eigenvalue weighted by Gasteiger charge is 2.26. The van der Waals surface area contributed by atoms with Crippen LogP contribution in [-0.4, -0.2) is 65.1 Å². The predicted molar refractivity (Wildman–Crippen MR) is 90.5 cm³/mol. The smallest absolute Gasteiger partial charge is 0.328 e. The van der Waals surface area contributed by atoms with Gasteiger partial charge in [-0.15, -0.1) is 0 Å². The lowest BCUT2D eigenvalue weighted by Gasteiger charge is -2.33. The van der Waals surface area contributed by atoms with Gasteiger partial charge in [-0.05, 0) is 18.2 Å². The summed E-state index contributed by atoms with van der Waals surface area (Å²) in [4.78, 5) is 26.3. The largest absolute Gasteiger partial charge is 0.336 e. The Morgan fingerprint density at radius 1 is 1.00 bits per heavy atom. The van der Waals surface area contributed by atoms with E-state index in [1.807, 2.05) is 0 Å². The number of amides is 1. The molecule has 1 aliphatic rings. The average Bonchev–Trinajstić information content (AvgIpc) is 2.78. The van der Waals surface area contributed by atoms with Crippen molar-refractivity contribution in [2.75, 3.05) is 32.4 Å². The third-order valence-corrected chi connectivity index (χ3v) is 5.82. The third-order valence-electron chi connectivity index (χ3n) is 4.51. The van der Waals surface area contributed by atoms with Crippen LogP contribution in [0.4, 0.5) is 0 Å². The molecule has 2 aromatic rings. The van der Waals surface area contributed by atoms with Crippen LogP contribution in [0, 0.1) is 0 Å². The van der Waals surface area contributed by atoms with Crippen LogP contribution in [0.3, 0.4) is 0 Å². The fourth-order valence-corrected chi connectivity index (χ4v) is 3.87. The first kappa shape index (κ1) is 16.7. The molecule has 24 heavy (non-hydrogen) atoms. The summed E-state index contributed by atoms with van der Waals surface area (Å²) < 4.78 is 27.5. The average molecular weight is 352 g/mol. The predicted octanol–water partition coefficient (Wildman–Crippen LogP) is -0.406. The van der Waals surface area contributed by atoms with Crippen LogP contribution in [0.1, 0.15) is 10.4 Å². The molecule has 1 fully saturated rings. The van der Waals surface area contributed by atoms with Gasteiger partial charge in [0.1, 0.15) is 0 Å². The van der Waals surface area contributed by atoms with Crippen LogP contribution in [0.2, 0.25) is 0 Å². The van der Waals surface area contributed by atoms with E-state index in [2.05, 4.69) is 0 Å². The molecular weight excluding hydrogens is 332 g/mol. The number of hydrogen-bond acceptors (Lipinski definition) is 4. The molecule has 1 aromatic carbocycles. The number of carbonyl (C=O) groups is 1. The number of sulfonamides is 1. The Balaban J connectivity index is 1.85. The number of benzene rings is 1. The van der Waals surface area contributed by atoms with Crippen LogP contribution in [0.25, 0.3) is 11.0 Å². The van der Waals surface area contributed by atoms with Crippen molar-refractivity contribution in [1.29, 1.82) is 0 Å². The Morgan fingerprint density at radius 3 is 2.17 bits per heavy atom. The molecule has 9 heteroatoms. The second-order valence-electron chi connectivity index (χ2n) is 6.06. The summed E-state index contributed by atoms with van der Waals surface area (Å²) in [6.45, 7) is 1.32. The highest BCUT2D eigenvalue weighted by molar-refractivity contribution is 7.88. The Morgan fingerprint density at radius 2 is 1.58 bits per heavy atom. The zero-order chi connectivity index (χ0) is 17.6. The SMILES string of the molecule is Cn1c(=O)n(C)c2cc(C(=O)N3CCN(S(C)(=O)=O)CC3)ccc21. The molecule has 1 saturated heterocycles. The summed E-state index contributed by atoms with van der Waals surface area (Å²) in [5.74, 6) is -0.152. The van der Waals surface area contributed by atoms with Gasteiger partial charge in [0.25, 0.3) is 5.91 Å². The molecule has 1 amide bonds. The van der Waals surface area contributed by atoms with Gasteiger partial charge in [0.05, 0.1) is 17.3 Å². The van der Waals surface area contributed by atoms with Gasteiger partial charge in [-0.2, -0.15) is 4.31 Å². The number of nitrogens with zero attached hydrogens (tertiary/aromatic N) is 4. The standard InChI is InChI=1S/C15H20N4O4S/c1-16-12-5-4-11(10-13(12)17(2)15(16)21)14(20)18-6-8-19(9-7-18)24(3,22)23/h4-5,10H,6-9H2,1-3H3. The highest BCUT2D eigenvalue weighted by Crippen LogP contribution is 2.17. The highest BCUT2D eigenvalue weighted by atomic mass is 32.2. The lowest BCUT2D eigenvalue weighted by Crippen LogP contribution is -2.50. The van der Waals surface area contributed by atoms with E-state index in [0.717, 1.165) is 5.52 Å². The van der Waals surface area contributed by atoms with Gasteiger partial charge < -0.3 is 4.90 Å². The maximum absolute atomic E-state index is 12.7. The number of piperazine rings is 1. The van der Waals surface area contributed by atoms with Gasteiger partial charge >= 0.3 is 5.69 Å². The molecule has 2 heterocycles. The minimum atomic E-state index is -3.22. The van der Waals surface area contributed by atoms with Gasteiger partial charge in [-0.1, -0.05) is 0 Å². The molecule has 130 valence electrons. The molecular formula is C15H20N4O4S. The van der Waals surface area contributed by atoms with Crippen molar-refractivity contribution in [3.05, 3.63) is 34.2 Å². The van der Waals surface area contributed by atoms with Gasteiger partial charge in [-0.25, -0.2) is 13.2 Å². The second-order valence-corrected chi connectivity index (χ2v) is 8.04. The maximum atomic E-state index is 12.7. The normalized spacial score (nSPS) is 16.7. The lowest BCUT2D eigenvalue weighted by molar-refractivity contribution is 0.0698. The van der Waals surface area contributed by atoms with Crippen molar-refractivity contribution < 1.29 is 13.2 Å². The summed E-state index contributed by atoms with van der Waals surface area (Å²) in [7, 11) is 0.140. The van der Waals surface area contributed by atoms with E-state index in [1.165, 1.54) is 19.7 Å². The Bertz CT molecular complexity index is 965. The summed E-state index contributed by atoms with van der Waals surface area (Å²) in [5, 5.41) is 0. The Labute approximate surface area is 139 Å². The number of rotatable bonds is 2. The molecule has 0 spiro atoms. The van der Waals surface area contributed by atoms with E-state index in [4.69, 9.17) is 0 Å². The zero-order valence-electron chi connectivity index (χ0n) is 13.9. The van der Waals surface area contributed by atoms with Crippen molar-refractivity contribution in [1.82, 2.24) is 18.3 Å². The number of aromatic nitrogens is 2. The van der Waals surface area contributed by atoms with Crippen molar-refractivity contribution in [3.63, 3.8) is 0 Å². The minimum Gasteiger partial charge on any atom is -0.336 e. The molecule has 1 aliphatic heterocycles. The number of imidazole rings is 1. The second kappa shape index (κ2) is 5.75. The molecule has 0 unspecified atom stereocenters. The van der Waals surface area contributed by atoms with E-state index in [1.54, 1.807) is 37.2 Å². The minimum absolute atomic E-state index is 0.142. The van der Waals surface area contributed by atoms with E-state index < -0.39 is 10.0 Å². The topological polar surface area (TPSA) is 84.6 Å². The van der Waals surface area contributed by atoms with Gasteiger partial charge in [0.15, 0.2) is 0 Å². The Kier molecular flexibility index (Phi) is 4.00. The van der Waals surface area contributed by atoms with E-state index >= 15 is 0 Å². The molecule has 8 nitrogen and oxygen atoms in total. The van der Waals surface area contributed by atoms with Crippen molar-refractivity contribution in [3.8, 4) is 0 Å². The molecule has 0 radical (unpaired) electrons. The van der Waals surface area contributed by atoms with Gasteiger partial charge in [0.2, 0.25) is 10.0 Å². The summed E-state index contributed by atoms with van der Waals surface area (Å²) in [6.07, 6.45) is 1.17. The maximum Gasteiger partial charge on any atom is 0.328 e. The van der Waals surface area contributed by atoms with Crippen LogP contribution in [-0.2, 0) is 24.1 Å². The summed E-state index contributed by atoms with van der Waals surface area (Å²) >= 11 is 0. The lowest BCUT2D eigenvalue weighted by atomic mass is 10.1. The first-order chi connectivity index (χ1) is 11.2. The molecule has 0 atom stereocenters. The summed E-state index contributed by atoms with van der Waals surface area (Å²) in [5.41, 5.74) is 1.82. The fourth-order valence-electron chi connectivity index (χ4n) is 3.05. The number of aryl methyl sites for hydroxylation is 2. The molecule has 0 saturated carbocycles. The number of fused-ring (bicyclic) bond motifs is 1. The zero-order valence-corrected chi connectivity index (χ0v) is 14.7. The monoisotopic (exact) mass is 352 g/mol. The molecule has 0 aliphatic carbocycles. The summed E-state index contributed by atoms with van der Waals surface area (Å²) in [6, 6.07) is 5.17. The first-order valence-electron chi connectivity index (χ1n) is 7.60. The van der Waals surface area contributed by atoms with Crippen molar-refractivity contribution in [2.45, 2.75) is 0 Å². The molecule has 3 rings (SSSR count). The quantitative estimate of drug-likeness (QED) is 0.736.